The second-order valence-corrected chi connectivity index (χ2v) is 7.11. The average Bonchev–Trinajstić information content (AvgIpc) is 2.70. The van der Waals surface area contributed by atoms with E-state index in [4.69, 9.17) is 16.3 Å². The van der Waals surface area contributed by atoms with Gasteiger partial charge in [0.15, 0.2) is 0 Å². The molecule has 0 spiro atoms. The lowest BCUT2D eigenvalue weighted by atomic mass is 10.2. The molecule has 0 fully saturated rings. The number of hydrazone groups is 1. The van der Waals surface area contributed by atoms with E-state index in [0.717, 1.165) is 0 Å². The summed E-state index contributed by atoms with van der Waals surface area (Å²) in [4.78, 5) is 24.4. The van der Waals surface area contributed by atoms with E-state index in [9.17, 15) is 14.0 Å². The number of rotatable bonds is 5. The Bertz CT molecular complexity index is 1090. The summed E-state index contributed by atoms with van der Waals surface area (Å²) in [6.45, 7) is 0. The van der Waals surface area contributed by atoms with Crippen molar-refractivity contribution in [2.75, 3.05) is 0 Å². The molecule has 0 atom stereocenters. The Labute approximate surface area is 179 Å². The van der Waals surface area contributed by atoms with Crippen LogP contribution in [-0.2, 0) is 0 Å². The maximum absolute atomic E-state index is 13.7. The highest BCUT2D eigenvalue weighted by molar-refractivity contribution is 9.10. The molecule has 3 aromatic carbocycles. The van der Waals surface area contributed by atoms with Gasteiger partial charge < -0.3 is 4.74 Å². The summed E-state index contributed by atoms with van der Waals surface area (Å²) in [5.74, 6) is -1.69. The second kappa shape index (κ2) is 9.45. The molecule has 5 nitrogen and oxygen atoms in total. The Morgan fingerprint density at radius 3 is 2.52 bits per heavy atom. The minimum Gasteiger partial charge on any atom is -0.422 e. The van der Waals surface area contributed by atoms with Gasteiger partial charge in [0.1, 0.15) is 11.6 Å². The molecule has 0 saturated heterocycles. The molecule has 0 aliphatic carbocycles. The molecular formula is C21H13BrClFN2O3. The van der Waals surface area contributed by atoms with Crippen molar-refractivity contribution in [3.63, 3.8) is 0 Å². The van der Waals surface area contributed by atoms with Crippen molar-refractivity contribution in [3.8, 4) is 5.75 Å². The predicted octanol–water partition coefficient (Wildman–Crippen LogP) is 5.22. The number of halogens is 3. The van der Waals surface area contributed by atoms with Crippen molar-refractivity contribution in [1.29, 1.82) is 0 Å². The molecule has 0 radical (unpaired) electrons. The minimum absolute atomic E-state index is 0.131. The van der Waals surface area contributed by atoms with E-state index in [1.807, 2.05) is 0 Å². The maximum atomic E-state index is 13.7. The van der Waals surface area contributed by atoms with Crippen LogP contribution in [0.3, 0.4) is 0 Å². The molecule has 3 rings (SSSR count). The first-order chi connectivity index (χ1) is 13.9. The molecule has 0 aliphatic rings. The lowest BCUT2D eigenvalue weighted by molar-refractivity contribution is 0.0734. The zero-order valence-electron chi connectivity index (χ0n) is 14.7. The zero-order chi connectivity index (χ0) is 20.8. The molecular weight excluding hydrogens is 463 g/mol. The van der Waals surface area contributed by atoms with Crippen LogP contribution < -0.4 is 10.2 Å². The van der Waals surface area contributed by atoms with E-state index in [2.05, 4.69) is 26.5 Å². The fourth-order valence-electron chi connectivity index (χ4n) is 2.32. The topological polar surface area (TPSA) is 67.8 Å². The summed E-state index contributed by atoms with van der Waals surface area (Å²) in [5, 5.41) is 4.33. The first-order valence-corrected chi connectivity index (χ1v) is 9.46. The standard InChI is InChI=1S/C21H13BrClFN2O3/c22-15-7-10-19(29-21(28)13-5-8-16(23)9-6-13)14(11-15)12-25-26-20(27)17-3-1-2-4-18(17)24/h1-12H,(H,26,27)/b25-12+. The fourth-order valence-corrected chi connectivity index (χ4v) is 2.83. The van der Waals surface area contributed by atoms with Gasteiger partial charge in [-0.2, -0.15) is 5.10 Å². The van der Waals surface area contributed by atoms with Crippen LogP contribution in [0, 0.1) is 5.82 Å². The van der Waals surface area contributed by atoms with Gasteiger partial charge in [-0.15, -0.1) is 0 Å². The zero-order valence-corrected chi connectivity index (χ0v) is 17.1. The molecule has 3 aromatic rings. The summed E-state index contributed by atoms with van der Waals surface area (Å²) in [5.41, 5.74) is 2.87. The molecule has 1 N–H and O–H groups in total. The summed E-state index contributed by atoms with van der Waals surface area (Å²) in [6.07, 6.45) is 1.30. The van der Waals surface area contributed by atoms with Crippen LogP contribution in [0.25, 0.3) is 0 Å². The maximum Gasteiger partial charge on any atom is 0.343 e. The normalized spacial score (nSPS) is 10.7. The summed E-state index contributed by atoms with van der Waals surface area (Å²) < 4.78 is 19.8. The number of hydrogen-bond donors (Lipinski definition) is 1. The van der Waals surface area contributed by atoms with Gasteiger partial charge in [-0.3, -0.25) is 4.79 Å². The van der Waals surface area contributed by atoms with Gasteiger partial charge in [-0.05, 0) is 54.6 Å². The van der Waals surface area contributed by atoms with Crippen LogP contribution in [0.2, 0.25) is 5.02 Å². The number of amides is 1. The first-order valence-electron chi connectivity index (χ1n) is 8.29. The molecule has 8 heteroatoms. The lowest BCUT2D eigenvalue weighted by Crippen LogP contribution is -2.19. The molecule has 0 aliphatic heterocycles. The van der Waals surface area contributed by atoms with Crippen LogP contribution in [-0.4, -0.2) is 18.1 Å². The lowest BCUT2D eigenvalue weighted by Gasteiger charge is -2.08. The van der Waals surface area contributed by atoms with Gasteiger partial charge >= 0.3 is 5.97 Å². The molecule has 29 heavy (non-hydrogen) atoms. The highest BCUT2D eigenvalue weighted by atomic mass is 79.9. The SMILES string of the molecule is O=C(Oc1ccc(Br)cc1/C=N/NC(=O)c1ccccc1F)c1ccc(Cl)cc1. The van der Waals surface area contributed by atoms with Gasteiger partial charge in [0, 0.05) is 15.1 Å². The largest absolute Gasteiger partial charge is 0.422 e. The van der Waals surface area contributed by atoms with Gasteiger partial charge in [0.25, 0.3) is 5.91 Å². The van der Waals surface area contributed by atoms with E-state index in [0.29, 0.717) is 20.6 Å². The van der Waals surface area contributed by atoms with Crippen molar-refractivity contribution in [2.24, 2.45) is 5.10 Å². The third-order valence-electron chi connectivity index (χ3n) is 3.74. The van der Waals surface area contributed by atoms with Crippen molar-refractivity contribution < 1.29 is 18.7 Å². The monoisotopic (exact) mass is 474 g/mol. The van der Waals surface area contributed by atoms with Gasteiger partial charge in [0.05, 0.1) is 17.3 Å². The number of ether oxygens (including phenoxy) is 1. The van der Waals surface area contributed by atoms with E-state index < -0.39 is 17.7 Å². The van der Waals surface area contributed by atoms with Crippen molar-refractivity contribution >= 4 is 45.6 Å². The van der Waals surface area contributed by atoms with E-state index in [1.54, 1.807) is 48.5 Å². The Kier molecular flexibility index (Phi) is 6.74. The Morgan fingerprint density at radius 1 is 1.07 bits per heavy atom. The minimum atomic E-state index is -0.700. The van der Waals surface area contributed by atoms with Crippen LogP contribution in [0.15, 0.2) is 76.3 Å². The average molecular weight is 476 g/mol. The molecule has 146 valence electrons. The van der Waals surface area contributed by atoms with E-state index in [1.165, 1.54) is 24.4 Å². The van der Waals surface area contributed by atoms with Crippen molar-refractivity contribution in [1.82, 2.24) is 5.43 Å². The highest BCUT2D eigenvalue weighted by Gasteiger charge is 2.12. The number of hydrogen-bond acceptors (Lipinski definition) is 4. The quantitative estimate of drug-likeness (QED) is 0.238. The van der Waals surface area contributed by atoms with E-state index >= 15 is 0 Å². The summed E-state index contributed by atoms with van der Waals surface area (Å²) in [7, 11) is 0. The van der Waals surface area contributed by atoms with Crippen LogP contribution in [0.1, 0.15) is 26.3 Å². The first kappa shape index (κ1) is 20.7. The summed E-state index contributed by atoms with van der Waals surface area (Å²) in [6, 6.07) is 16.8. The van der Waals surface area contributed by atoms with Gasteiger partial charge in [0.2, 0.25) is 0 Å². The Morgan fingerprint density at radius 2 is 1.79 bits per heavy atom. The summed E-state index contributed by atoms with van der Waals surface area (Å²) >= 11 is 9.15. The van der Waals surface area contributed by atoms with Gasteiger partial charge in [-0.25, -0.2) is 14.6 Å². The fraction of sp³-hybridized carbons (Fsp3) is 0. The molecule has 0 saturated carbocycles. The molecule has 0 unspecified atom stereocenters. The second-order valence-electron chi connectivity index (χ2n) is 5.76. The third-order valence-corrected chi connectivity index (χ3v) is 4.49. The Hall–Kier alpha value is -3.03. The van der Waals surface area contributed by atoms with E-state index in [-0.39, 0.29) is 11.3 Å². The Balaban J connectivity index is 1.75. The number of nitrogens with zero attached hydrogens (tertiary/aromatic N) is 1. The van der Waals surface area contributed by atoms with Crippen LogP contribution in [0.5, 0.6) is 5.75 Å². The number of benzene rings is 3. The van der Waals surface area contributed by atoms with Crippen molar-refractivity contribution in [3.05, 3.63) is 98.7 Å². The van der Waals surface area contributed by atoms with Crippen molar-refractivity contribution in [2.45, 2.75) is 0 Å². The number of nitrogens with one attached hydrogen (secondary N) is 1. The predicted molar refractivity (Wildman–Crippen MR) is 112 cm³/mol. The smallest absolute Gasteiger partial charge is 0.343 e. The third kappa shape index (κ3) is 5.49. The highest BCUT2D eigenvalue weighted by Crippen LogP contribution is 2.23. The molecule has 0 heterocycles. The number of carbonyl (C=O) groups is 2. The molecule has 0 aromatic heterocycles. The van der Waals surface area contributed by atoms with Gasteiger partial charge in [-0.1, -0.05) is 39.7 Å². The molecule has 1 amide bonds. The van der Waals surface area contributed by atoms with Crippen LogP contribution in [0.4, 0.5) is 4.39 Å². The number of carbonyl (C=O) groups excluding carboxylic acids is 2. The van der Waals surface area contributed by atoms with Crippen LogP contribution >= 0.6 is 27.5 Å². The molecule has 0 bridgehead atoms. The number of esters is 1.